The zero-order chi connectivity index (χ0) is 14.9. The molecule has 1 N–H and O–H groups in total. The number of hydrogen-bond acceptors (Lipinski definition) is 2. The second-order valence-corrected chi connectivity index (χ2v) is 5.84. The molecule has 1 aliphatic heterocycles. The molecular weight excluding hydrogens is 252 g/mol. The normalized spacial score (nSPS) is 18.8. The Morgan fingerprint density at radius 1 is 1.30 bits per heavy atom. The Balaban J connectivity index is 2.13. The summed E-state index contributed by atoms with van der Waals surface area (Å²) >= 11 is 0. The number of nitrogens with one attached hydrogen (secondary N) is 1. The molecular formula is C16H22N2O2. The maximum atomic E-state index is 12.1. The summed E-state index contributed by atoms with van der Waals surface area (Å²) in [4.78, 5) is 25.8. The largest absolute Gasteiger partial charge is 0.354 e. The topological polar surface area (TPSA) is 49.4 Å². The molecule has 4 nitrogen and oxygen atoms in total. The van der Waals surface area contributed by atoms with E-state index in [1.54, 1.807) is 4.90 Å². The molecule has 1 heterocycles. The number of hydrogen-bond donors (Lipinski definition) is 1. The van der Waals surface area contributed by atoms with Crippen molar-refractivity contribution in [1.29, 1.82) is 0 Å². The van der Waals surface area contributed by atoms with Gasteiger partial charge in [0.2, 0.25) is 11.8 Å². The third-order valence-corrected chi connectivity index (χ3v) is 3.73. The van der Waals surface area contributed by atoms with E-state index in [1.807, 2.05) is 45.9 Å². The molecule has 0 spiro atoms. The Kier molecular flexibility index (Phi) is 4.12. The first-order valence-corrected chi connectivity index (χ1v) is 7.06. The lowest BCUT2D eigenvalue weighted by molar-refractivity contribution is -0.126. The standard InChI is InChI=1S/C16H22N2O2/c1-10(2)17-16(20)13-8-15(19)18(9-13)14-6-5-11(3)12(4)7-14/h5-7,10,13H,8-9H2,1-4H3,(H,17,20)/t13-/m0/s1. The van der Waals surface area contributed by atoms with Gasteiger partial charge in [0.1, 0.15) is 0 Å². The maximum absolute atomic E-state index is 12.1. The minimum Gasteiger partial charge on any atom is -0.354 e. The number of carbonyl (C=O) groups excluding carboxylic acids is 2. The molecule has 1 aromatic carbocycles. The predicted molar refractivity (Wildman–Crippen MR) is 79.7 cm³/mol. The van der Waals surface area contributed by atoms with Gasteiger partial charge in [-0.2, -0.15) is 0 Å². The average molecular weight is 274 g/mol. The van der Waals surface area contributed by atoms with E-state index >= 15 is 0 Å². The molecule has 2 rings (SSSR count). The van der Waals surface area contributed by atoms with E-state index in [-0.39, 0.29) is 23.8 Å². The number of nitrogens with zero attached hydrogens (tertiary/aromatic N) is 1. The molecule has 1 saturated heterocycles. The molecule has 108 valence electrons. The first kappa shape index (κ1) is 14.6. The van der Waals surface area contributed by atoms with Crippen LogP contribution in [0.4, 0.5) is 5.69 Å². The highest BCUT2D eigenvalue weighted by molar-refractivity contribution is 6.00. The Morgan fingerprint density at radius 3 is 2.60 bits per heavy atom. The summed E-state index contributed by atoms with van der Waals surface area (Å²) in [5, 5.41) is 2.88. The van der Waals surface area contributed by atoms with Gasteiger partial charge in [-0.05, 0) is 51.0 Å². The minimum absolute atomic E-state index is 0.0251. The van der Waals surface area contributed by atoms with Crippen LogP contribution in [0.3, 0.4) is 0 Å². The van der Waals surface area contributed by atoms with Crippen molar-refractivity contribution in [1.82, 2.24) is 5.32 Å². The summed E-state index contributed by atoms with van der Waals surface area (Å²) in [6.07, 6.45) is 0.297. The Hall–Kier alpha value is -1.84. The minimum atomic E-state index is -0.244. The van der Waals surface area contributed by atoms with E-state index in [1.165, 1.54) is 5.56 Å². The van der Waals surface area contributed by atoms with Gasteiger partial charge in [0.05, 0.1) is 5.92 Å². The lowest BCUT2D eigenvalue weighted by Gasteiger charge is -2.18. The first-order chi connectivity index (χ1) is 9.38. The summed E-state index contributed by atoms with van der Waals surface area (Å²) in [6, 6.07) is 6.08. The van der Waals surface area contributed by atoms with Crippen LogP contribution in [0.5, 0.6) is 0 Å². The quantitative estimate of drug-likeness (QED) is 0.918. The van der Waals surface area contributed by atoms with Crippen molar-refractivity contribution in [2.75, 3.05) is 11.4 Å². The molecule has 1 atom stereocenters. The molecule has 0 aliphatic carbocycles. The number of benzene rings is 1. The highest BCUT2D eigenvalue weighted by Gasteiger charge is 2.35. The Morgan fingerprint density at radius 2 is 2.00 bits per heavy atom. The molecule has 0 saturated carbocycles. The smallest absolute Gasteiger partial charge is 0.227 e. The molecule has 20 heavy (non-hydrogen) atoms. The fourth-order valence-corrected chi connectivity index (χ4v) is 2.43. The van der Waals surface area contributed by atoms with Gasteiger partial charge in [-0.1, -0.05) is 6.07 Å². The molecule has 0 bridgehead atoms. The van der Waals surface area contributed by atoms with Gasteiger partial charge in [0.15, 0.2) is 0 Å². The van der Waals surface area contributed by atoms with Gasteiger partial charge in [0, 0.05) is 24.7 Å². The molecule has 2 amide bonds. The van der Waals surface area contributed by atoms with Crippen LogP contribution in [0.15, 0.2) is 18.2 Å². The van der Waals surface area contributed by atoms with E-state index in [4.69, 9.17) is 0 Å². The number of aryl methyl sites for hydroxylation is 2. The van der Waals surface area contributed by atoms with Crippen molar-refractivity contribution < 1.29 is 9.59 Å². The number of rotatable bonds is 3. The van der Waals surface area contributed by atoms with Crippen molar-refractivity contribution in [3.05, 3.63) is 29.3 Å². The van der Waals surface area contributed by atoms with Gasteiger partial charge in [-0.15, -0.1) is 0 Å². The fourth-order valence-electron chi connectivity index (χ4n) is 2.43. The number of carbonyl (C=O) groups is 2. The molecule has 0 unspecified atom stereocenters. The van der Waals surface area contributed by atoms with E-state index in [0.29, 0.717) is 13.0 Å². The van der Waals surface area contributed by atoms with E-state index in [2.05, 4.69) is 5.32 Å². The van der Waals surface area contributed by atoms with Gasteiger partial charge in [-0.25, -0.2) is 0 Å². The number of anilines is 1. The summed E-state index contributed by atoms with van der Waals surface area (Å²) in [6.45, 7) is 8.40. The van der Waals surface area contributed by atoms with Crippen LogP contribution in [0.25, 0.3) is 0 Å². The zero-order valence-electron chi connectivity index (χ0n) is 12.6. The second kappa shape index (κ2) is 5.65. The highest BCUT2D eigenvalue weighted by atomic mass is 16.2. The van der Waals surface area contributed by atoms with Gasteiger partial charge in [0.25, 0.3) is 0 Å². The van der Waals surface area contributed by atoms with Crippen LogP contribution in [0.1, 0.15) is 31.4 Å². The van der Waals surface area contributed by atoms with Crippen molar-refractivity contribution in [2.45, 2.75) is 40.2 Å². The zero-order valence-corrected chi connectivity index (χ0v) is 12.6. The summed E-state index contributed by atoms with van der Waals surface area (Å²) in [7, 11) is 0. The first-order valence-electron chi connectivity index (χ1n) is 7.06. The van der Waals surface area contributed by atoms with Crippen LogP contribution in [0.2, 0.25) is 0 Å². The monoisotopic (exact) mass is 274 g/mol. The lowest BCUT2D eigenvalue weighted by atomic mass is 10.1. The highest BCUT2D eigenvalue weighted by Crippen LogP contribution is 2.26. The lowest BCUT2D eigenvalue weighted by Crippen LogP contribution is -2.36. The van der Waals surface area contributed by atoms with Gasteiger partial charge in [-0.3, -0.25) is 9.59 Å². The van der Waals surface area contributed by atoms with Crippen LogP contribution >= 0.6 is 0 Å². The van der Waals surface area contributed by atoms with Gasteiger partial charge >= 0.3 is 0 Å². The van der Waals surface area contributed by atoms with Crippen molar-refractivity contribution in [2.24, 2.45) is 5.92 Å². The molecule has 1 aliphatic rings. The molecule has 1 aromatic rings. The number of amides is 2. The molecule has 1 fully saturated rings. The second-order valence-electron chi connectivity index (χ2n) is 5.84. The fraction of sp³-hybridized carbons (Fsp3) is 0.500. The summed E-state index contributed by atoms with van der Waals surface area (Å²) in [5.74, 6) is -0.247. The van der Waals surface area contributed by atoms with Crippen LogP contribution in [-0.4, -0.2) is 24.4 Å². The predicted octanol–water partition coefficient (Wildman–Crippen LogP) is 2.18. The Bertz CT molecular complexity index is 537. The summed E-state index contributed by atoms with van der Waals surface area (Å²) in [5.41, 5.74) is 3.25. The van der Waals surface area contributed by atoms with Crippen molar-refractivity contribution in [3.8, 4) is 0 Å². The van der Waals surface area contributed by atoms with E-state index in [0.717, 1.165) is 11.3 Å². The van der Waals surface area contributed by atoms with Crippen molar-refractivity contribution in [3.63, 3.8) is 0 Å². The maximum Gasteiger partial charge on any atom is 0.227 e. The molecule has 0 radical (unpaired) electrons. The van der Waals surface area contributed by atoms with E-state index in [9.17, 15) is 9.59 Å². The Labute approximate surface area is 120 Å². The van der Waals surface area contributed by atoms with E-state index < -0.39 is 0 Å². The third kappa shape index (κ3) is 3.00. The SMILES string of the molecule is Cc1ccc(N2C[C@@H](C(=O)NC(C)C)CC2=O)cc1C. The van der Waals surface area contributed by atoms with Crippen LogP contribution < -0.4 is 10.2 Å². The van der Waals surface area contributed by atoms with Crippen LogP contribution in [-0.2, 0) is 9.59 Å². The molecule has 4 heteroatoms. The van der Waals surface area contributed by atoms with Gasteiger partial charge < -0.3 is 10.2 Å². The molecule has 0 aromatic heterocycles. The van der Waals surface area contributed by atoms with Crippen molar-refractivity contribution >= 4 is 17.5 Å². The summed E-state index contributed by atoms with van der Waals surface area (Å²) < 4.78 is 0. The van der Waals surface area contributed by atoms with Crippen LogP contribution in [0, 0.1) is 19.8 Å². The average Bonchev–Trinajstić information content (AvgIpc) is 2.74. The third-order valence-electron chi connectivity index (χ3n) is 3.73.